The van der Waals surface area contributed by atoms with E-state index in [0.29, 0.717) is 11.8 Å². The van der Waals surface area contributed by atoms with Gasteiger partial charge in [-0.05, 0) is 129 Å². The number of hydrogen-bond acceptors (Lipinski definition) is 2. The topological polar surface area (TPSA) is 6.48 Å². The molecule has 10 aromatic carbocycles. The predicted octanol–water partition coefficient (Wildman–Crippen LogP) is 17.9. The maximum Gasteiger partial charge on any atom is 0.0540 e. The highest BCUT2D eigenvalue weighted by Gasteiger charge is 2.25. The molecule has 2 heteroatoms. The van der Waals surface area contributed by atoms with E-state index in [0.717, 1.165) is 0 Å². The van der Waals surface area contributed by atoms with E-state index < -0.39 is 0 Å². The second kappa shape index (κ2) is 15.7. The van der Waals surface area contributed by atoms with E-state index in [2.05, 4.69) is 192 Å². The molecule has 10 aromatic rings. The average molecular weight is 801 g/mol. The van der Waals surface area contributed by atoms with Crippen molar-refractivity contribution < 1.29 is 0 Å². The molecule has 0 atom stereocenters. The van der Waals surface area contributed by atoms with E-state index in [1.807, 2.05) is 0 Å². The Morgan fingerprint density at radius 1 is 0.274 bits per heavy atom. The van der Waals surface area contributed by atoms with Gasteiger partial charge < -0.3 is 9.80 Å². The Labute approximate surface area is 365 Å². The summed E-state index contributed by atoms with van der Waals surface area (Å²) in [7, 11) is 0. The van der Waals surface area contributed by atoms with E-state index in [-0.39, 0.29) is 0 Å². The van der Waals surface area contributed by atoms with Crippen LogP contribution in [-0.2, 0) is 0 Å². The molecule has 0 bridgehead atoms. The van der Waals surface area contributed by atoms with Crippen LogP contribution in [0.15, 0.2) is 182 Å². The molecule has 0 aromatic heterocycles. The van der Waals surface area contributed by atoms with Crippen LogP contribution < -0.4 is 9.80 Å². The van der Waals surface area contributed by atoms with Gasteiger partial charge in [0.15, 0.2) is 0 Å². The Morgan fingerprint density at radius 3 is 1.08 bits per heavy atom. The van der Waals surface area contributed by atoms with Crippen molar-refractivity contribution in [1.82, 2.24) is 0 Å². The summed E-state index contributed by atoms with van der Waals surface area (Å²) in [6.07, 6.45) is 13.3. The van der Waals surface area contributed by atoms with Gasteiger partial charge in [0.25, 0.3) is 0 Å². The van der Waals surface area contributed by atoms with E-state index in [1.165, 1.54) is 163 Å². The fraction of sp³-hybridized carbons (Fsp3) is 0.200. The molecule has 2 fully saturated rings. The van der Waals surface area contributed by atoms with Crippen molar-refractivity contribution in [3.05, 3.63) is 193 Å². The van der Waals surface area contributed by atoms with Gasteiger partial charge in [-0.25, -0.2) is 0 Å². The summed E-state index contributed by atoms with van der Waals surface area (Å²) in [5.74, 6) is 1.33. The normalized spacial score (nSPS) is 15.3. The molecule has 0 aliphatic heterocycles. The van der Waals surface area contributed by atoms with Crippen molar-refractivity contribution >= 4 is 88.0 Å². The molecule has 302 valence electrons. The van der Waals surface area contributed by atoms with Crippen molar-refractivity contribution in [2.45, 2.75) is 76.0 Å². The highest BCUT2D eigenvalue weighted by molar-refractivity contribution is 6.28. The van der Waals surface area contributed by atoms with Gasteiger partial charge in [0.05, 0.1) is 22.7 Å². The molecule has 0 radical (unpaired) electrons. The minimum atomic E-state index is 0.663. The van der Waals surface area contributed by atoms with Crippen LogP contribution in [0, 0.1) is 0 Å². The molecule has 0 heterocycles. The zero-order valence-electron chi connectivity index (χ0n) is 35.4. The number of hydrogen-bond donors (Lipinski definition) is 0. The van der Waals surface area contributed by atoms with Gasteiger partial charge in [-0.2, -0.15) is 0 Å². The molecule has 0 amide bonds. The number of nitrogens with zero attached hydrogens (tertiary/aromatic N) is 2. The van der Waals surface area contributed by atoms with Crippen molar-refractivity contribution in [2.24, 2.45) is 0 Å². The smallest absolute Gasteiger partial charge is 0.0540 e. The minimum absolute atomic E-state index is 0.663. The zero-order chi connectivity index (χ0) is 41.0. The summed E-state index contributed by atoms with van der Waals surface area (Å²) >= 11 is 0. The molecule has 2 nitrogen and oxygen atoms in total. The molecule has 2 aliphatic rings. The minimum Gasteiger partial charge on any atom is -0.309 e. The van der Waals surface area contributed by atoms with Crippen molar-refractivity contribution in [3.8, 4) is 0 Å². The Morgan fingerprint density at radius 2 is 0.645 bits per heavy atom. The highest BCUT2D eigenvalue weighted by Crippen LogP contribution is 2.49. The summed E-state index contributed by atoms with van der Waals surface area (Å²) in [6.45, 7) is 0. The van der Waals surface area contributed by atoms with Crippen LogP contribution in [0.4, 0.5) is 34.1 Å². The Kier molecular flexibility index (Phi) is 9.39. The Bertz CT molecular complexity index is 2980. The molecular formula is C60H52N2. The third kappa shape index (κ3) is 6.39. The second-order valence-electron chi connectivity index (χ2n) is 18.1. The standard InChI is InChI=1S/C60H52N2/c1-3-13-41(14-4-1)43-25-33-49(34-26-43)61(55-23-11-19-45-17-7-9-21-51(45)55)57-39-31-47-30-38-54-58(40-32-48-29-37-53(57)59(47)60(48)54)62(56-24-12-20-46-18-8-10-22-52(46)56)50-35-27-44(28-36-50)42-15-5-2-6-16-42/h7-12,17-42H,1-6,13-16H2. The lowest BCUT2D eigenvalue weighted by Gasteiger charge is -2.31. The predicted molar refractivity (Wildman–Crippen MR) is 266 cm³/mol. The zero-order valence-corrected chi connectivity index (χ0v) is 35.4. The number of benzene rings is 10. The lowest BCUT2D eigenvalue weighted by Crippen LogP contribution is -2.12. The fourth-order valence-corrected chi connectivity index (χ4v) is 11.4. The molecule has 62 heavy (non-hydrogen) atoms. The summed E-state index contributed by atoms with van der Waals surface area (Å²) < 4.78 is 0. The van der Waals surface area contributed by atoms with Crippen molar-refractivity contribution in [3.63, 3.8) is 0 Å². The maximum absolute atomic E-state index is 2.52. The molecule has 0 spiro atoms. The van der Waals surface area contributed by atoms with Crippen LogP contribution in [0.1, 0.15) is 87.2 Å². The van der Waals surface area contributed by atoms with Crippen LogP contribution in [0.25, 0.3) is 53.9 Å². The second-order valence-corrected chi connectivity index (χ2v) is 18.1. The first-order valence-corrected chi connectivity index (χ1v) is 23.2. The van der Waals surface area contributed by atoms with Crippen LogP contribution in [0.3, 0.4) is 0 Å². The SMILES string of the molecule is c1ccc2c(N(c3ccc(C4CCCCC4)cc3)c3ccc4ccc5c(N(c6ccc(C7CCCCC7)cc6)c6cccc7ccccc67)ccc6ccc3c4c65)cccc2c1. The fourth-order valence-electron chi connectivity index (χ4n) is 11.4. The monoisotopic (exact) mass is 800 g/mol. The van der Waals surface area contributed by atoms with Crippen molar-refractivity contribution in [2.75, 3.05) is 9.80 Å². The number of anilines is 6. The average Bonchev–Trinajstić information content (AvgIpc) is 3.35. The Balaban J connectivity index is 1.06. The van der Waals surface area contributed by atoms with Crippen LogP contribution in [0.2, 0.25) is 0 Å². The molecule has 2 saturated carbocycles. The lowest BCUT2D eigenvalue weighted by molar-refractivity contribution is 0.443. The quantitative estimate of drug-likeness (QED) is 0.141. The van der Waals surface area contributed by atoms with Crippen molar-refractivity contribution in [1.29, 1.82) is 0 Å². The first-order valence-electron chi connectivity index (χ1n) is 23.2. The molecule has 0 saturated heterocycles. The van der Waals surface area contributed by atoms with Crippen LogP contribution in [-0.4, -0.2) is 0 Å². The van der Waals surface area contributed by atoms with E-state index in [1.54, 1.807) is 0 Å². The van der Waals surface area contributed by atoms with Gasteiger partial charge >= 0.3 is 0 Å². The summed E-state index contributed by atoms with van der Waals surface area (Å²) in [4.78, 5) is 5.05. The first-order chi connectivity index (χ1) is 30.8. The number of fused-ring (bicyclic) bond motifs is 2. The van der Waals surface area contributed by atoms with Crippen LogP contribution in [0.5, 0.6) is 0 Å². The van der Waals surface area contributed by atoms with Gasteiger partial charge in [-0.1, -0.05) is 172 Å². The molecular weight excluding hydrogens is 749 g/mol. The van der Waals surface area contributed by atoms with E-state index in [4.69, 9.17) is 0 Å². The molecule has 0 N–H and O–H groups in total. The molecule has 12 rings (SSSR count). The largest absolute Gasteiger partial charge is 0.309 e. The van der Waals surface area contributed by atoms with Crippen LogP contribution >= 0.6 is 0 Å². The molecule has 2 aliphatic carbocycles. The number of rotatable bonds is 8. The van der Waals surface area contributed by atoms with Gasteiger partial charge in [-0.3, -0.25) is 0 Å². The van der Waals surface area contributed by atoms with Gasteiger partial charge in [0, 0.05) is 32.9 Å². The summed E-state index contributed by atoms with van der Waals surface area (Å²) in [5.41, 5.74) is 10.1. The highest BCUT2D eigenvalue weighted by atomic mass is 15.2. The lowest BCUT2D eigenvalue weighted by atomic mass is 9.84. The van der Waals surface area contributed by atoms with Gasteiger partial charge in [-0.15, -0.1) is 0 Å². The van der Waals surface area contributed by atoms with E-state index >= 15 is 0 Å². The van der Waals surface area contributed by atoms with Gasteiger partial charge in [0.2, 0.25) is 0 Å². The summed E-state index contributed by atoms with van der Waals surface area (Å²) in [5, 5.41) is 12.7. The summed E-state index contributed by atoms with van der Waals surface area (Å²) in [6, 6.07) is 69.2. The molecule has 0 unspecified atom stereocenters. The maximum atomic E-state index is 2.52. The van der Waals surface area contributed by atoms with E-state index in [9.17, 15) is 0 Å². The third-order valence-corrected chi connectivity index (χ3v) is 14.6. The third-order valence-electron chi connectivity index (χ3n) is 14.6. The van der Waals surface area contributed by atoms with Gasteiger partial charge in [0.1, 0.15) is 0 Å². The first kappa shape index (κ1) is 37.1. The Hall–Kier alpha value is -6.64.